The Kier molecular flexibility index (Phi) is 12.3. The molecule has 0 bridgehead atoms. The van der Waals surface area contributed by atoms with Crippen molar-refractivity contribution in [3.63, 3.8) is 0 Å². The molecule has 6 nitrogen and oxygen atoms in total. The highest BCUT2D eigenvalue weighted by molar-refractivity contribution is 5.56. The van der Waals surface area contributed by atoms with Gasteiger partial charge < -0.3 is 18.3 Å². The topological polar surface area (TPSA) is 78.9 Å². The van der Waals surface area contributed by atoms with Crippen LogP contribution in [0.25, 0.3) is 24.3 Å². The third-order valence-electron chi connectivity index (χ3n) is 5.07. The Morgan fingerprint density at radius 2 is 0.925 bits per heavy atom. The fourth-order valence-electron chi connectivity index (χ4n) is 3.37. The predicted octanol–water partition coefficient (Wildman–Crippen LogP) is 7.53. The Morgan fingerprint density at radius 3 is 1.30 bits per heavy atom. The second kappa shape index (κ2) is 16.7. The molecule has 0 saturated heterocycles. The molecule has 0 aliphatic heterocycles. The van der Waals surface area contributed by atoms with Crippen LogP contribution in [-0.2, 0) is 0 Å². The van der Waals surface area contributed by atoms with Crippen LogP contribution in [0.1, 0.15) is 36.5 Å². The molecule has 2 aromatic heterocycles. The van der Waals surface area contributed by atoms with Gasteiger partial charge in [-0.3, -0.25) is 0 Å². The van der Waals surface area contributed by atoms with Gasteiger partial charge in [0, 0.05) is 12.1 Å². The lowest BCUT2D eigenvalue weighted by molar-refractivity contribution is 0.333. The fourth-order valence-corrected chi connectivity index (χ4v) is 3.37. The van der Waals surface area contributed by atoms with Crippen LogP contribution in [0.2, 0.25) is 0 Å². The van der Waals surface area contributed by atoms with Gasteiger partial charge in [-0.1, -0.05) is 97.1 Å². The summed E-state index contributed by atoms with van der Waals surface area (Å²) in [5.74, 6) is 1.99. The van der Waals surface area contributed by atoms with Crippen molar-refractivity contribution in [3.05, 3.63) is 153 Å². The van der Waals surface area contributed by atoms with E-state index in [1.165, 1.54) is 12.1 Å². The number of ether oxygens (including phenoxy) is 2. The fraction of sp³-hybridized carbons (Fsp3) is 0.118. The molecule has 4 aromatic rings. The number of hydrogen-bond donors (Lipinski definition) is 0. The minimum atomic E-state index is -0.414. The first-order valence-corrected chi connectivity index (χ1v) is 12.9. The molecule has 2 heterocycles. The average Bonchev–Trinajstić information content (AvgIpc) is 2.95. The molecule has 0 unspecified atom stereocenters. The Bertz CT molecular complexity index is 1420. The number of benzene rings is 2. The zero-order valence-electron chi connectivity index (χ0n) is 22.6. The Hall–Kier alpha value is -5.10. The van der Waals surface area contributed by atoms with Gasteiger partial charge >= 0.3 is 11.3 Å². The highest BCUT2D eigenvalue weighted by Crippen LogP contribution is 2.13. The van der Waals surface area contributed by atoms with Crippen molar-refractivity contribution in [1.82, 2.24) is 0 Å². The SMILES string of the molecule is CCOc1cc(/C=C/C=C/c2ccccc2)oc(=O)c1.CCOc1cc(/C=C/C=C/c2ccccc2)oc(=O)c1. The molecule has 204 valence electrons. The van der Waals surface area contributed by atoms with Gasteiger partial charge in [-0.05, 0) is 37.1 Å². The van der Waals surface area contributed by atoms with Gasteiger partial charge in [0.1, 0.15) is 23.0 Å². The molecule has 4 rings (SSSR count). The Balaban J connectivity index is 0.000000220. The van der Waals surface area contributed by atoms with E-state index in [1.54, 1.807) is 24.3 Å². The van der Waals surface area contributed by atoms with E-state index in [9.17, 15) is 9.59 Å². The van der Waals surface area contributed by atoms with Crippen LogP contribution in [-0.4, -0.2) is 13.2 Å². The van der Waals surface area contributed by atoms with Gasteiger partial charge in [0.2, 0.25) is 0 Å². The minimum Gasteiger partial charge on any atom is -0.493 e. The average molecular weight is 537 g/mol. The van der Waals surface area contributed by atoms with E-state index in [2.05, 4.69) is 0 Å². The molecule has 0 aliphatic rings. The maximum absolute atomic E-state index is 11.3. The monoisotopic (exact) mass is 536 g/mol. The van der Waals surface area contributed by atoms with E-state index >= 15 is 0 Å². The standard InChI is InChI=1S/2C17H16O3/c2*1-2-19-16-12-15(20-17(18)13-16)11-7-6-10-14-8-4-3-5-9-14/h2*3-13H,2H2,1H3/b2*10-6+,11-7+. The molecule has 0 spiro atoms. The molecule has 0 fully saturated rings. The summed E-state index contributed by atoms with van der Waals surface area (Å²) in [7, 11) is 0. The maximum Gasteiger partial charge on any atom is 0.339 e. The van der Waals surface area contributed by atoms with E-state index in [0.717, 1.165) is 11.1 Å². The highest BCUT2D eigenvalue weighted by atomic mass is 16.5. The zero-order valence-corrected chi connectivity index (χ0v) is 22.6. The van der Waals surface area contributed by atoms with Crippen LogP contribution >= 0.6 is 0 Å². The zero-order chi connectivity index (χ0) is 28.4. The first kappa shape index (κ1) is 29.5. The highest BCUT2D eigenvalue weighted by Gasteiger charge is 2.00. The second-order valence-electron chi connectivity index (χ2n) is 8.15. The normalized spacial score (nSPS) is 11.2. The van der Waals surface area contributed by atoms with Crippen molar-refractivity contribution in [1.29, 1.82) is 0 Å². The number of hydrogen-bond acceptors (Lipinski definition) is 6. The first-order chi connectivity index (χ1) is 19.6. The van der Waals surface area contributed by atoms with Crippen molar-refractivity contribution in [3.8, 4) is 11.5 Å². The molecule has 0 amide bonds. The van der Waals surface area contributed by atoms with Crippen molar-refractivity contribution >= 4 is 24.3 Å². The summed E-state index contributed by atoms with van der Waals surface area (Å²) in [6.07, 6.45) is 14.8. The number of allylic oxidation sites excluding steroid dienone is 4. The minimum absolute atomic E-state index is 0.414. The van der Waals surface area contributed by atoms with Crippen molar-refractivity contribution in [2.45, 2.75) is 13.8 Å². The van der Waals surface area contributed by atoms with Crippen LogP contribution in [0.3, 0.4) is 0 Å². The summed E-state index contributed by atoms with van der Waals surface area (Å²) < 4.78 is 20.7. The molecule has 40 heavy (non-hydrogen) atoms. The van der Waals surface area contributed by atoms with Crippen LogP contribution in [0.15, 0.2) is 128 Å². The van der Waals surface area contributed by atoms with Gasteiger partial charge in [0.15, 0.2) is 0 Å². The van der Waals surface area contributed by atoms with Crippen molar-refractivity contribution < 1.29 is 18.3 Å². The van der Waals surface area contributed by atoms with Crippen molar-refractivity contribution in [2.24, 2.45) is 0 Å². The lowest BCUT2D eigenvalue weighted by Crippen LogP contribution is -2.01. The van der Waals surface area contributed by atoms with E-state index in [1.807, 2.05) is 111 Å². The van der Waals surface area contributed by atoms with E-state index in [4.69, 9.17) is 18.3 Å². The molecule has 0 radical (unpaired) electrons. The lowest BCUT2D eigenvalue weighted by Gasteiger charge is -2.01. The van der Waals surface area contributed by atoms with Crippen LogP contribution in [0, 0.1) is 0 Å². The molecule has 0 N–H and O–H groups in total. The Morgan fingerprint density at radius 1 is 0.550 bits per heavy atom. The van der Waals surface area contributed by atoms with Gasteiger partial charge in [-0.25, -0.2) is 9.59 Å². The smallest absolute Gasteiger partial charge is 0.339 e. The quantitative estimate of drug-likeness (QED) is 0.195. The molecular formula is C34H32O6. The summed E-state index contributed by atoms with van der Waals surface area (Å²) in [6.45, 7) is 4.76. The molecular weight excluding hydrogens is 504 g/mol. The number of rotatable bonds is 10. The van der Waals surface area contributed by atoms with Crippen molar-refractivity contribution in [2.75, 3.05) is 13.2 Å². The molecule has 0 aliphatic carbocycles. The van der Waals surface area contributed by atoms with Crippen LogP contribution in [0.4, 0.5) is 0 Å². The molecule has 0 atom stereocenters. The van der Waals surface area contributed by atoms with E-state index < -0.39 is 11.3 Å². The third kappa shape index (κ3) is 11.1. The van der Waals surface area contributed by atoms with E-state index in [-0.39, 0.29) is 0 Å². The maximum atomic E-state index is 11.3. The third-order valence-corrected chi connectivity index (χ3v) is 5.07. The van der Waals surface area contributed by atoms with Gasteiger partial charge in [-0.15, -0.1) is 0 Å². The first-order valence-electron chi connectivity index (χ1n) is 12.9. The predicted molar refractivity (Wildman–Crippen MR) is 161 cm³/mol. The molecule has 6 heteroatoms. The van der Waals surface area contributed by atoms with Crippen LogP contribution < -0.4 is 20.7 Å². The van der Waals surface area contributed by atoms with Gasteiger partial charge in [0.05, 0.1) is 25.3 Å². The summed E-state index contributed by atoms with van der Waals surface area (Å²) in [5, 5.41) is 0. The summed E-state index contributed by atoms with van der Waals surface area (Å²) in [5.41, 5.74) is 1.40. The largest absolute Gasteiger partial charge is 0.493 e. The summed E-state index contributed by atoms with van der Waals surface area (Å²) >= 11 is 0. The summed E-state index contributed by atoms with van der Waals surface area (Å²) in [4.78, 5) is 22.7. The second-order valence-corrected chi connectivity index (χ2v) is 8.15. The molecule has 2 aromatic carbocycles. The van der Waals surface area contributed by atoms with E-state index in [0.29, 0.717) is 36.2 Å². The van der Waals surface area contributed by atoms with Gasteiger partial charge in [-0.2, -0.15) is 0 Å². The van der Waals surface area contributed by atoms with Gasteiger partial charge in [0.25, 0.3) is 0 Å². The lowest BCUT2D eigenvalue weighted by atomic mass is 10.2. The molecule has 0 saturated carbocycles. The van der Waals surface area contributed by atoms with Crippen LogP contribution in [0.5, 0.6) is 11.5 Å². The Labute approximate surface area is 233 Å². The summed E-state index contributed by atoms with van der Waals surface area (Å²) in [6, 6.07) is 26.0.